The maximum absolute atomic E-state index is 13.5. The largest absolute Gasteiger partial charge is 0.375 e. The van der Waals surface area contributed by atoms with Crippen LogP contribution in [0.1, 0.15) is 18.4 Å². The molecule has 1 fully saturated rings. The van der Waals surface area contributed by atoms with Gasteiger partial charge < -0.3 is 9.64 Å². The summed E-state index contributed by atoms with van der Waals surface area (Å²) in [6, 6.07) is 8.32. The molecule has 2 aromatic rings. The van der Waals surface area contributed by atoms with Crippen LogP contribution in [-0.2, 0) is 26.1 Å². The number of sulfonamides is 1. The molecule has 0 radical (unpaired) electrons. The Hall–Kier alpha value is -2.36. The number of aromatic nitrogens is 1. The molecular formula is C20H24FN3O4S. The standard InChI is InChI=1S/C20H24FN3O4S/c1-28-15-20(25)24(13-16-5-3-9-22-12-16)18-7-4-10-23(14-18)29(26,27)19-8-2-6-17(21)11-19/h2-3,5-6,8-9,11-12,18H,4,7,10,13-15H2,1H3. The molecule has 29 heavy (non-hydrogen) atoms. The van der Waals surface area contributed by atoms with E-state index in [9.17, 15) is 17.6 Å². The Kier molecular flexibility index (Phi) is 6.94. The van der Waals surface area contributed by atoms with Crippen LogP contribution in [0.3, 0.4) is 0 Å². The van der Waals surface area contributed by atoms with Gasteiger partial charge >= 0.3 is 0 Å². The zero-order valence-electron chi connectivity index (χ0n) is 16.2. The van der Waals surface area contributed by atoms with E-state index >= 15 is 0 Å². The van der Waals surface area contributed by atoms with E-state index in [-0.39, 0.29) is 30.0 Å². The first kappa shape index (κ1) is 21.4. The van der Waals surface area contributed by atoms with Crippen LogP contribution in [0.15, 0.2) is 53.7 Å². The molecule has 1 unspecified atom stereocenters. The third-order valence-electron chi connectivity index (χ3n) is 4.90. The van der Waals surface area contributed by atoms with Gasteiger partial charge in [-0.05, 0) is 42.7 Å². The van der Waals surface area contributed by atoms with Crippen LogP contribution in [-0.4, -0.2) is 61.4 Å². The second-order valence-electron chi connectivity index (χ2n) is 6.93. The van der Waals surface area contributed by atoms with Gasteiger partial charge in [0, 0.05) is 45.2 Å². The summed E-state index contributed by atoms with van der Waals surface area (Å²) in [5.74, 6) is -0.820. The summed E-state index contributed by atoms with van der Waals surface area (Å²) in [6.07, 6.45) is 4.60. The van der Waals surface area contributed by atoms with E-state index in [0.29, 0.717) is 25.9 Å². The normalized spacial score (nSPS) is 17.8. The molecule has 1 aromatic heterocycles. The SMILES string of the molecule is COCC(=O)N(Cc1cccnc1)C1CCCN(S(=O)(=O)c2cccc(F)c2)C1. The van der Waals surface area contributed by atoms with Gasteiger partial charge in [-0.15, -0.1) is 0 Å². The molecule has 156 valence electrons. The summed E-state index contributed by atoms with van der Waals surface area (Å²) in [4.78, 5) is 18.3. The summed E-state index contributed by atoms with van der Waals surface area (Å²) in [7, 11) is -2.40. The van der Waals surface area contributed by atoms with Crippen molar-refractivity contribution >= 4 is 15.9 Å². The van der Waals surface area contributed by atoms with Gasteiger partial charge in [0.1, 0.15) is 12.4 Å². The van der Waals surface area contributed by atoms with E-state index in [2.05, 4.69) is 4.98 Å². The zero-order valence-corrected chi connectivity index (χ0v) is 17.0. The summed E-state index contributed by atoms with van der Waals surface area (Å²) >= 11 is 0. The Labute approximate surface area is 170 Å². The molecule has 2 heterocycles. The first-order valence-corrected chi connectivity index (χ1v) is 10.8. The first-order valence-electron chi connectivity index (χ1n) is 9.35. The minimum atomic E-state index is -3.85. The van der Waals surface area contributed by atoms with Crippen LogP contribution in [0.5, 0.6) is 0 Å². The van der Waals surface area contributed by atoms with E-state index in [1.165, 1.54) is 29.6 Å². The number of nitrogens with zero attached hydrogens (tertiary/aromatic N) is 3. The number of ether oxygens (including phenoxy) is 1. The number of halogens is 1. The zero-order chi connectivity index (χ0) is 20.9. The van der Waals surface area contributed by atoms with Gasteiger partial charge in [0.25, 0.3) is 0 Å². The molecule has 9 heteroatoms. The van der Waals surface area contributed by atoms with E-state index < -0.39 is 15.8 Å². The van der Waals surface area contributed by atoms with Crippen molar-refractivity contribution in [2.45, 2.75) is 30.3 Å². The minimum absolute atomic E-state index is 0.0832. The molecule has 7 nitrogen and oxygen atoms in total. The van der Waals surface area contributed by atoms with Crippen molar-refractivity contribution in [2.24, 2.45) is 0 Å². The predicted octanol–water partition coefficient (Wildman–Crippen LogP) is 2.05. The molecule has 0 N–H and O–H groups in total. The number of pyridine rings is 1. The number of hydrogen-bond donors (Lipinski definition) is 0. The fraction of sp³-hybridized carbons (Fsp3) is 0.400. The van der Waals surface area contributed by atoms with Crippen molar-refractivity contribution in [1.82, 2.24) is 14.2 Å². The predicted molar refractivity (Wildman–Crippen MR) is 105 cm³/mol. The lowest BCUT2D eigenvalue weighted by Crippen LogP contribution is -2.52. The number of piperidine rings is 1. The van der Waals surface area contributed by atoms with Gasteiger partial charge in [0.15, 0.2) is 0 Å². The van der Waals surface area contributed by atoms with Gasteiger partial charge in [-0.1, -0.05) is 12.1 Å². The van der Waals surface area contributed by atoms with Gasteiger partial charge in [-0.3, -0.25) is 9.78 Å². The van der Waals surface area contributed by atoms with Crippen LogP contribution in [0, 0.1) is 5.82 Å². The van der Waals surface area contributed by atoms with Crippen molar-refractivity contribution in [3.8, 4) is 0 Å². The average Bonchev–Trinajstić information content (AvgIpc) is 2.73. The van der Waals surface area contributed by atoms with Crippen molar-refractivity contribution in [3.05, 3.63) is 60.2 Å². The second-order valence-corrected chi connectivity index (χ2v) is 8.87. The molecule has 0 aliphatic carbocycles. The number of carbonyl (C=O) groups is 1. The van der Waals surface area contributed by atoms with E-state index in [4.69, 9.17) is 4.74 Å². The highest BCUT2D eigenvalue weighted by molar-refractivity contribution is 7.89. The van der Waals surface area contributed by atoms with Crippen LogP contribution >= 0.6 is 0 Å². The molecule has 0 spiro atoms. The maximum Gasteiger partial charge on any atom is 0.249 e. The third-order valence-corrected chi connectivity index (χ3v) is 6.76. The molecule has 1 aliphatic heterocycles. The Morgan fingerprint density at radius 2 is 2.17 bits per heavy atom. The number of hydrogen-bond acceptors (Lipinski definition) is 5. The molecule has 3 rings (SSSR count). The Morgan fingerprint density at radius 1 is 1.34 bits per heavy atom. The minimum Gasteiger partial charge on any atom is -0.375 e. The van der Waals surface area contributed by atoms with Gasteiger partial charge in [-0.25, -0.2) is 12.8 Å². The highest BCUT2D eigenvalue weighted by Crippen LogP contribution is 2.24. The first-order chi connectivity index (χ1) is 13.9. The van der Waals surface area contributed by atoms with Crippen molar-refractivity contribution in [3.63, 3.8) is 0 Å². The average molecular weight is 421 g/mol. The molecule has 1 atom stereocenters. The molecule has 1 amide bonds. The summed E-state index contributed by atoms with van der Waals surface area (Å²) in [6.45, 7) is 0.699. The smallest absolute Gasteiger partial charge is 0.249 e. The van der Waals surface area contributed by atoms with Gasteiger partial charge in [0.2, 0.25) is 15.9 Å². The van der Waals surface area contributed by atoms with Crippen molar-refractivity contribution in [2.75, 3.05) is 26.8 Å². The Bertz CT molecular complexity index is 940. The number of methoxy groups -OCH3 is 1. The molecule has 1 aromatic carbocycles. The van der Waals surface area contributed by atoms with Crippen molar-refractivity contribution < 1.29 is 22.3 Å². The Balaban J connectivity index is 1.83. The van der Waals surface area contributed by atoms with Crippen LogP contribution in [0.2, 0.25) is 0 Å². The highest BCUT2D eigenvalue weighted by atomic mass is 32.2. The molecule has 1 aliphatic rings. The molecule has 0 saturated carbocycles. The lowest BCUT2D eigenvalue weighted by Gasteiger charge is -2.38. The van der Waals surface area contributed by atoms with Gasteiger partial charge in [-0.2, -0.15) is 4.31 Å². The monoisotopic (exact) mass is 421 g/mol. The number of rotatable bonds is 7. The third kappa shape index (κ3) is 5.17. The highest BCUT2D eigenvalue weighted by Gasteiger charge is 2.34. The summed E-state index contributed by atoms with van der Waals surface area (Å²) in [5.41, 5.74) is 0.849. The summed E-state index contributed by atoms with van der Waals surface area (Å²) in [5, 5.41) is 0. The fourth-order valence-electron chi connectivity index (χ4n) is 3.49. The fourth-order valence-corrected chi connectivity index (χ4v) is 5.03. The van der Waals surface area contributed by atoms with Crippen LogP contribution in [0.4, 0.5) is 4.39 Å². The van der Waals surface area contributed by atoms with Crippen molar-refractivity contribution in [1.29, 1.82) is 0 Å². The quantitative estimate of drug-likeness (QED) is 0.684. The van der Waals surface area contributed by atoms with E-state index in [1.54, 1.807) is 23.4 Å². The number of carbonyl (C=O) groups excluding carboxylic acids is 1. The van der Waals surface area contributed by atoms with E-state index in [0.717, 1.165) is 11.6 Å². The van der Waals surface area contributed by atoms with Gasteiger partial charge in [0.05, 0.1) is 4.90 Å². The van der Waals surface area contributed by atoms with Crippen LogP contribution in [0.25, 0.3) is 0 Å². The topological polar surface area (TPSA) is 79.8 Å². The summed E-state index contributed by atoms with van der Waals surface area (Å²) < 4.78 is 45.8. The molecular weight excluding hydrogens is 397 g/mol. The Morgan fingerprint density at radius 3 is 2.86 bits per heavy atom. The molecule has 1 saturated heterocycles. The van der Waals surface area contributed by atoms with Crippen LogP contribution < -0.4 is 0 Å². The van der Waals surface area contributed by atoms with E-state index in [1.807, 2.05) is 6.07 Å². The maximum atomic E-state index is 13.5. The number of benzene rings is 1. The second kappa shape index (κ2) is 9.43. The lowest BCUT2D eigenvalue weighted by molar-refractivity contribution is -0.139. The lowest BCUT2D eigenvalue weighted by atomic mass is 10.0. The number of amides is 1. The molecule has 0 bridgehead atoms.